The second-order valence-electron chi connectivity index (χ2n) is 3.82. The molecule has 2 amide bonds. The van der Waals surface area contributed by atoms with Crippen LogP contribution in [0.25, 0.3) is 0 Å². The van der Waals surface area contributed by atoms with E-state index in [0.717, 1.165) is 4.90 Å². The van der Waals surface area contributed by atoms with Crippen LogP contribution in [0.3, 0.4) is 0 Å². The van der Waals surface area contributed by atoms with Gasteiger partial charge < -0.3 is 20.8 Å². The molecule has 0 aromatic heterocycles. The Morgan fingerprint density at radius 3 is 2.25 bits per heavy atom. The van der Waals surface area contributed by atoms with Crippen LogP contribution in [0.1, 0.15) is 6.42 Å². The van der Waals surface area contributed by atoms with E-state index in [2.05, 4.69) is 10.6 Å². The Hall–Kier alpha value is -2.22. The summed E-state index contributed by atoms with van der Waals surface area (Å²) in [6, 6.07) is 4.68. The molecule has 0 radical (unpaired) electrons. The molecule has 108 valence electrons. The van der Waals surface area contributed by atoms with Crippen LogP contribution in [-0.4, -0.2) is 40.5 Å². The van der Waals surface area contributed by atoms with Gasteiger partial charge in [0.05, 0.1) is 6.42 Å². The highest BCUT2D eigenvalue weighted by Crippen LogP contribution is 2.17. The third-order valence-corrected chi connectivity index (χ3v) is 3.07. The number of rotatable bonds is 6. The maximum absolute atomic E-state index is 11.6. The third-order valence-electron chi connectivity index (χ3n) is 2.33. The zero-order valence-electron chi connectivity index (χ0n) is 10.6. The van der Waals surface area contributed by atoms with Crippen molar-refractivity contribution >= 4 is 35.4 Å². The van der Waals surface area contributed by atoms with Crippen molar-refractivity contribution in [2.75, 3.05) is 11.6 Å². The quantitative estimate of drug-likeness (QED) is 0.591. The number of hydrogen-bond acceptors (Lipinski definition) is 4. The number of urea groups is 1. The SMILES string of the molecule is CSc1ccc(NC(=O)NC(CC(=O)O)C(=O)O)cc1. The van der Waals surface area contributed by atoms with Crippen molar-refractivity contribution in [2.45, 2.75) is 17.4 Å². The first-order valence-electron chi connectivity index (χ1n) is 5.58. The molecule has 0 fully saturated rings. The van der Waals surface area contributed by atoms with Gasteiger partial charge in [-0.1, -0.05) is 0 Å². The molecule has 20 heavy (non-hydrogen) atoms. The fraction of sp³-hybridized carbons (Fsp3) is 0.250. The minimum Gasteiger partial charge on any atom is -0.481 e. The Morgan fingerprint density at radius 1 is 1.20 bits per heavy atom. The van der Waals surface area contributed by atoms with Crippen molar-refractivity contribution < 1.29 is 24.6 Å². The molecule has 0 heterocycles. The summed E-state index contributed by atoms with van der Waals surface area (Å²) in [7, 11) is 0. The van der Waals surface area contributed by atoms with Crippen LogP contribution in [0.4, 0.5) is 10.5 Å². The number of nitrogens with one attached hydrogen (secondary N) is 2. The summed E-state index contributed by atoms with van der Waals surface area (Å²) in [5.74, 6) is -2.71. The topological polar surface area (TPSA) is 116 Å². The van der Waals surface area contributed by atoms with E-state index >= 15 is 0 Å². The molecule has 0 bridgehead atoms. The third kappa shape index (κ3) is 5.19. The Kier molecular flexibility index (Phi) is 5.85. The van der Waals surface area contributed by atoms with Gasteiger partial charge in [-0.2, -0.15) is 0 Å². The lowest BCUT2D eigenvalue weighted by Gasteiger charge is -2.13. The number of benzene rings is 1. The van der Waals surface area contributed by atoms with Crippen molar-refractivity contribution in [3.05, 3.63) is 24.3 Å². The average molecular weight is 298 g/mol. The molecule has 1 aromatic carbocycles. The summed E-state index contributed by atoms with van der Waals surface area (Å²) in [4.78, 5) is 33.9. The number of carbonyl (C=O) groups is 3. The number of hydrogen-bond donors (Lipinski definition) is 4. The number of aliphatic carboxylic acids is 2. The first-order chi connectivity index (χ1) is 9.42. The summed E-state index contributed by atoms with van der Waals surface area (Å²) < 4.78 is 0. The highest BCUT2D eigenvalue weighted by atomic mass is 32.2. The molecule has 1 rings (SSSR count). The molecular weight excluding hydrogens is 284 g/mol. The van der Waals surface area contributed by atoms with Crippen molar-refractivity contribution in [3.8, 4) is 0 Å². The summed E-state index contributed by atoms with van der Waals surface area (Å²) in [6.07, 6.45) is 1.23. The number of carboxylic acid groups (broad SMARTS) is 2. The highest BCUT2D eigenvalue weighted by Gasteiger charge is 2.22. The number of amides is 2. The zero-order valence-corrected chi connectivity index (χ0v) is 11.4. The molecule has 0 aliphatic rings. The van der Waals surface area contributed by atoms with Crippen LogP contribution in [0.2, 0.25) is 0 Å². The maximum atomic E-state index is 11.6. The summed E-state index contributed by atoms with van der Waals surface area (Å²) in [6.45, 7) is 0. The molecule has 4 N–H and O–H groups in total. The van der Waals surface area contributed by atoms with Crippen molar-refractivity contribution in [2.24, 2.45) is 0 Å². The van der Waals surface area contributed by atoms with Crippen molar-refractivity contribution in [3.63, 3.8) is 0 Å². The molecule has 7 nitrogen and oxygen atoms in total. The molecule has 0 aliphatic carbocycles. The average Bonchev–Trinajstić information content (AvgIpc) is 2.38. The molecule has 1 unspecified atom stereocenters. The first-order valence-corrected chi connectivity index (χ1v) is 6.81. The molecule has 0 spiro atoms. The van der Waals surface area contributed by atoms with Crippen molar-refractivity contribution in [1.82, 2.24) is 5.32 Å². The van der Waals surface area contributed by atoms with E-state index in [0.29, 0.717) is 5.69 Å². The van der Waals surface area contributed by atoms with Gasteiger partial charge in [0.25, 0.3) is 0 Å². The van der Waals surface area contributed by atoms with Gasteiger partial charge in [0.2, 0.25) is 0 Å². The van der Waals surface area contributed by atoms with E-state index in [4.69, 9.17) is 10.2 Å². The minimum atomic E-state index is -1.47. The van der Waals surface area contributed by atoms with Gasteiger partial charge >= 0.3 is 18.0 Å². The molecule has 8 heteroatoms. The van der Waals surface area contributed by atoms with E-state index in [1.165, 1.54) is 0 Å². The minimum absolute atomic E-state index is 0.486. The monoisotopic (exact) mass is 298 g/mol. The van der Waals surface area contributed by atoms with E-state index in [-0.39, 0.29) is 0 Å². The number of carbonyl (C=O) groups excluding carboxylic acids is 1. The lowest BCUT2D eigenvalue weighted by atomic mass is 10.2. The highest BCUT2D eigenvalue weighted by molar-refractivity contribution is 7.98. The maximum Gasteiger partial charge on any atom is 0.326 e. The fourth-order valence-electron chi connectivity index (χ4n) is 1.37. The van der Waals surface area contributed by atoms with Crippen LogP contribution in [-0.2, 0) is 9.59 Å². The lowest BCUT2D eigenvalue weighted by Crippen LogP contribution is -2.44. The normalized spacial score (nSPS) is 11.4. The smallest absolute Gasteiger partial charge is 0.326 e. The van der Waals surface area contributed by atoms with Crippen LogP contribution >= 0.6 is 11.8 Å². The van der Waals surface area contributed by atoms with Crippen molar-refractivity contribution in [1.29, 1.82) is 0 Å². The van der Waals surface area contributed by atoms with Crippen LogP contribution in [0.15, 0.2) is 29.2 Å². The van der Waals surface area contributed by atoms with Gasteiger partial charge in [0.15, 0.2) is 0 Å². The molecule has 0 saturated carbocycles. The standard InChI is InChI=1S/C12H14N2O5S/c1-20-8-4-2-7(3-5-8)13-12(19)14-9(11(17)18)6-10(15)16/h2-5,9H,6H2,1H3,(H,15,16)(H,17,18)(H2,13,14,19). The molecule has 0 saturated heterocycles. The summed E-state index contributed by atoms with van der Waals surface area (Å²) in [5.41, 5.74) is 0.486. The van der Waals surface area contributed by atoms with E-state index in [1.54, 1.807) is 36.0 Å². The van der Waals surface area contributed by atoms with Gasteiger partial charge in [-0.15, -0.1) is 11.8 Å². The van der Waals surface area contributed by atoms with Crippen LogP contribution in [0.5, 0.6) is 0 Å². The molecule has 1 aromatic rings. The fourth-order valence-corrected chi connectivity index (χ4v) is 1.78. The number of carboxylic acids is 2. The molecule has 1 atom stereocenters. The molecular formula is C12H14N2O5S. The van der Waals surface area contributed by atoms with E-state index in [9.17, 15) is 14.4 Å². The van der Waals surface area contributed by atoms with Gasteiger partial charge in [0.1, 0.15) is 6.04 Å². The second-order valence-corrected chi connectivity index (χ2v) is 4.70. The number of thioether (sulfide) groups is 1. The first kappa shape index (κ1) is 15.8. The van der Waals surface area contributed by atoms with Gasteiger partial charge in [-0.3, -0.25) is 4.79 Å². The van der Waals surface area contributed by atoms with Gasteiger partial charge in [-0.05, 0) is 30.5 Å². The van der Waals surface area contributed by atoms with E-state index < -0.39 is 30.4 Å². The number of anilines is 1. The van der Waals surface area contributed by atoms with Crippen LogP contribution < -0.4 is 10.6 Å². The predicted octanol–water partition coefficient (Wildman–Crippen LogP) is 1.46. The molecule has 0 aliphatic heterocycles. The Labute approximate surface area is 119 Å². The second kappa shape index (κ2) is 7.39. The Balaban J connectivity index is 2.60. The largest absolute Gasteiger partial charge is 0.481 e. The summed E-state index contributed by atoms with van der Waals surface area (Å²) >= 11 is 1.55. The van der Waals surface area contributed by atoms with E-state index in [1.807, 2.05) is 6.26 Å². The van der Waals surface area contributed by atoms with Gasteiger partial charge in [0, 0.05) is 10.6 Å². The predicted molar refractivity (Wildman–Crippen MR) is 74.1 cm³/mol. The summed E-state index contributed by atoms with van der Waals surface area (Å²) in [5, 5.41) is 21.9. The van der Waals surface area contributed by atoms with Crippen LogP contribution in [0, 0.1) is 0 Å². The Bertz CT molecular complexity index is 503. The lowest BCUT2D eigenvalue weighted by molar-refractivity contribution is -0.145. The van der Waals surface area contributed by atoms with Gasteiger partial charge in [-0.25, -0.2) is 9.59 Å². The zero-order chi connectivity index (χ0) is 15.1. The Morgan fingerprint density at radius 2 is 1.80 bits per heavy atom.